The van der Waals surface area contributed by atoms with Crippen LogP contribution in [0.25, 0.3) is 0 Å². The van der Waals surface area contributed by atoms with Gasteiger partial charge in [0.2, 0.25) is 11.8 Å². The van der Waals surface area contributed by atoms with Gasteiger partial charge in [-0.05, 0) is 5.56 Å². The van der Waals surface area contributed by atoms with Crippen molar-refractivity contribution < 1.29 is 148 Å². The molecule has 0 heterocycles. The van der Waals surface area contributed by atoms with Crippen molar-refractivity contribution in [3.8, 4) is 0 Å². The van der Waals surface area contributed by atoms with Gasteiger partial charge in [-0.3, -0.25) is 9.59 Å². The van der Waals surface area contributed by atoms with Gasteiger partial charge >= 0.3 is 109 Å². The smallest absolute Gasteiger partial charge is 0.748 e. The number of nitrogens with two attached hydrogens (primary N) is 1. The minimum Gasteiger partial charge on any atom is -0.748 e. The van der Waals surface area contributed by atoms with E-state index in [1.54, 1.807) is 30.3 Å². The molecule has 0 radical (unpaired) electrons. The van der Waals surface area contributed by atoms with Gasteiger partial charge in [-0.15, -0.1) is 0 Å². The van der Waals surface area contributed by atoms with Gasteiger partial charge in [-0.25, -0.2) is 21.6 Å². The number of benzene rings is 1. The van der Waals surface area contributed by atoms with Crippen LogP contribution < -0.4 is 124 Å². The molecule has 0 bridgehead atoms. The van der Waals surface area contributed by atoms with E-state index >= 15 is 0 Å². The molecule has 180 valence electrons. The van der Waals surface area contributed by atoms with Gasteiger partial charge < -0.3 is 35.5 Å². The SMILES string of the molecule is N[C@@H](CS(=O)(=O)[O-])C(=O)N[C@@H](CS(=O)(=O)[O-])C(=O)NCCNC(=O)OCc1ccccc1.[K+].[K+]. The Morgan fingerprint density at radius 1 is 0.882 bits per heavy atom. The van der Waals surface area contributed by atoms with Crippen LogP contribution in [-0.4, -0.2) is 80.5 Å². The zero-order valence-corrected chi connectivity index (χ0v) is 26.4. The number of alkyl carbamates (subject to hydrolysis) is 1. The molecule has 14 nitrogen and oxygen atoms in total. The average Bonchev–Trinajstić information content (AvgIpc) is 2.67. The molecule has 1 aromatic carbocycles. The third kappa shape index (κ3) is 17.8. The first-order valence-electron chi connectivity index (χ1n) is 8.92. The van der Waals surface area contributed by atoms with Crippen LogP contribution in [-0.2, 0) is 41.2 Å². The largest absolute Gasteiger partial charge is 1.00 e. The fraction of sp³-hybridized carbons (Fsp3) is 0.438. The molecule has 18 heteroatoms. The molecule has 0 unspecified atom stereocenters. The minimum atomic E-state index is -4.99. The molecule has 5 N–H and O–H groups in total. The topological polar surface area (TPSA) is 237 Å². The molecule has 0 aliphatic carbocycles. The molecule has 1 rings (SSSR count). The molecule has 0 spiro atoms. The van der Waals surface area contributed by atoms with Gasteiger partial charge in [-0.1, -0.05) is 30.3 Å². The van der Waals surface area contributed by atoms with Gasteiger partial charge in [0, 0.05) is 13.1 Å². The predicted octanol–water partition coefficient (Wildman–Crippen LogP) is -9.06. The summed E-state index contributed by atoms with van der Waals surface area (Å²) in [5.74, 6) is -5.09. The summed E-state index contributed by atoms with van der Waals surface area (Å²) in [6.07, 6.45) is -0.792. The van der Waals surface area contributed by atoms with E-state index < -0.39 is 61.7 Å². The maximum absolute atomic E-state index is 12.1. The number of hydrogen-bond acceptors (Lipinski definition) is 11. The second-order valence-corrected chi connectivity index (χ2v) is 9.29. The Hall–Kier alpha value is 0.483. The van der Waals surface area contributed by atoms with Crippen molar-refractivity contribution in [1.82, 2.24) is 16.0 Å². The Morgan fingerprint density at radius 2 is 1.41 bits per heavy atom. The number of rotatable bonds is 12. The molecule has 1 aromatic rings. The first-order chi connectivity index (χ1) is 14.8. The summed E-state index contributed by atoms with van der Waals surface area (Å²) in [5.41, 5.74) is 5.98. The average molecular weight is 573 g/mol. The van der Waals surface area contributed by atoms with Crippen molar-refractivity contribution in [3.63, 3.8) is 0 Å². The van der Waals surface area contributed by atoms with E-state index in [-0.39, 0.29) is 122 Å². The van der Waals surface area contributed by atoms with E-state index in [1.165, 1.54) is 0 Å². The van der Waals surface area contributed by atoms with Crippen LogP contribution in [0.5, 0.6) is 0 Å². The standard InChI is InChI=1S/C16H24N4O10S2.2K/c17-12(9-31(24,25)26)14(21)20-13(10-32(27,28)29)15(22)18-6-7-19-16(23)30-8-11-4-2-1-3-5-11;;/h1-5,12-13H,6-10,17H2,(H,18,22)(H,19,23)(H,20,21)(H,24,25,26)(H,27,28,29);;/q;2*+1/p-2/t12-,13-;;/m0../s1. The molecule has 34 heavy (non-hydrogen) atoms. The Morgan fingerprint density at radius 3 is 1.94 bits per heavy atom. The van der Waals surface area contributed by atoms with Crippen molar-refractivity contribution >= 4 is 38.1 Å². The number of ether oxygens (including phenoxy) is 1. The summed E-state index contributed by atoms with van der Waals surface area (Å²) >= 11 is 0. The number of carbonyl (C=O) groups excluding carboxylic acids is 3. The molecule has 0 saturated heterocycles. The van der Waals surface area contributed by atoms with Crippen molar-refractivity contribution in [1.29, 1.82) is 0 Å². The van der Waals surface area contributed by atoms with Crippen LogP contribution in [0.15, 0.2) is 30.3 Å². The summed E-state index contributed by atoms with van der Waals surface area (Å²) in [5, 5.41) is 6.31. The van der Waals surface area contributed by atoms with Gasteiger partial charge in [0.05, 0.1) is 37.8 Å². The molecule has 0 aromatic heterocycles. The van der Waals surface area contributed by atoms with E-state index in [1.807, 2.05) is 5.32 Å². The first kappa shape index (κ1) is 36.6. The normalized spacial score (nSPS) is 12.7. The Kier molecular flexibility index (Phi) is 19.2. The van der Waals surface area contributed by atoms with Crippen LogP contribution in [0.1, 0.15) is 5.56 Å². The molecule has 0 fully saturated rings. The second-order valence-electron chi connectivity index (χ2n) is 6.40. The Labute approximate surface area is 282 Å². The molecule has 0 aliphatic heterocycles. The first-order valence-corrected chi connectivity index (χ1v) is 12.1. The van der Waals surface area contributed by atoms with Crippen molar-refractivity contribution in [2.45, 2.75) is 18.7 Å². The number of nitrogens with one attached hydrogen (secondary N) is 3. The molecular weight excluding hydrogens is 551 g/mol. The van der Waals surface area contributed by atoms with E-state index in [9.17, 15) is 40.3 Å². The van der Waals surface area contributed by atoms with Crippen LogP contribution in [0, 0.1) is 0 Å². The second kappa shape index (κ2) is 17.9. The molecule has 0 aliphatic rings. The van der Waals surface area contributed by atoms with Crippen molar-refractivity contribution in [3.05, 3.63) is 35.9 Å². The zero-order chi connectivity index (χ0) is 24.4. The maximum Gasteiger partial charge on any atom is 1.00 e. The summed E-state index contributed by atoms with van der Waals surface area (Å²) in [7, 11) is -9.86. The minimum absolute atomic E-state index is 0. The van der Waals surface area contributed by atoms with Gasteiger partial charge in [0.15, 0.2) is 0 Å². The summed E-state index contributed by atoms with van der Waals surface area (Å²) in [6, 6.07) is 5.00. The van der Waals surface area contributed by atoms with Crippen LogP contribution >= 0.6 is 0 Å². The Bertz CT molecular complexity index is 1010. The van der Waals surface area contributed by atoms with Gasteiger partial charge in [-0.2, -0.15) is 0 Å². The molecule has 2 atom stereocenters. The molecule has 3 amide bonds. The fourth-order valence-corrected chi connectivity index (χ4v) is 3.44. The van der Waals surface area contributed by atoms with E-state index in [0.29, 0.717) is 0 Å². The predicted molar refractivity (Wildman–Crippen MR) is 107 cm³/mol. The Balaban J connectivity index is 0. The van der Waals surface area contributed by atoms with E-state index in [4.69, 9.17) is 10.5 Å². The quantitative estimate of drug-likeness (QED) is 0.104. The monoisotopic (exact) mass is 572 g/mol. The number of carbonyl (C=O) groups is 3. The maximum atomic E-state index is 12.1. The molecule has 0 saturated carbocycles. The number of hydrogen-bond donors (Lipinski definition) is 4. The van der Waals surface area contributed by atoms with Gasteiger partial charge in [0.1, 0.15) is 12.6 Å². The van der Waals surface area contributed by atoms with E-state index in [0.717, 1.165) is 5.56 Å². The number of amides is 3. The van der Waals surface area contributed by atoms with Crippen LogP contribution in [0.2, 0.25) is 0 Å². The summed E-state index contributed by atoms with van der Waals surface area (Å²) in [4.78, 5) is 35.6. The van der Waals surface area contributed by atoms with Crippen molar-refractivity contribution in [2.75, 3.05) is 24.6 Å². The van der Waals surface area contributed by atoms with E-state index in [2.05, 4.69) is 10.6 Å². The van der Waals surface area contributed by atoms with Crippen molar-refractivity contribution in [2.24, 2.45) is 5.73 Å². The third-order valence-electron chi connectivity index (χ3n) is 3.63. The molecular formula is C16H22K2N4O10S2. The van der Waals surface area contributed by atoms with Crippen LogP contribution in [0.4, 0.5) is 4.79 Å². The van der Waals surface area contributed by atoms with Gasteiger partial charge in [0.25, 0.3) is 0 Å². The summed E-state index contributed by atoms with van der Waals surface area (Å²) < 4.78 is 69.9. The third-order valence-corrected chi connectivity index (χ3v) is 5.14. The zero-order valence-electron chi connectivity index (χ0n) is 18.6. The fourth-order valence-electron chi connectivity index (χ4n) is 2.21. The van der Waals surface area contributed by atoms with Crippen LogP contribution in [0.3, 0.4) is 0 Å². The summed E-state index contributed by atoms with van der Waals surface area (Å²) in [6.45, 7) is -0.364.